The van der Waals surface area contributed by atoms with Gasteiger partial charge in [-0.2, -0.15) is 0 Å². The largest absolute Gasteiger partial charge is 0.391 e. The van der Waals surface area contributed by atoms with Gasteiger partial charge in [0, 0.05) is 0 Å². The summed E-state index contributed by atoms with van der Waals surface area (Å²) >= 11 is 0. The molecular formula is C4H9FN2O2. The second-order valence-electron chi connectivity index (χ2n) is 1.73. The number of hydrogen-bond donors (Lipinski definition) is 3. The molecule has 0 heterocycles. The van der Waals surface area contributed by atoms with Crippen LogP contribution in [-0.4, -0.2) is 23.2 Å². The fourth-order valence-corrected chi connectivity index (χ4v) is 0.383. The maximum absolute atomic E-state index is 11.4. The summed E-state index contributed by atoms with van der Waals surface area (Å²) in [5.41, 5.74) is 5.72. The van der Waals surface area contributed by atoms with E-state index in [1.165, 1.54) is 6.92 Å². The van der Waals surface area contributed by atoms with Gasteiger partial charge < -0.3 is 10.8 Å². The molecule has 0 unspecified atom stereocenters. The fourth-order valence-electron chi connectivity index (χ4n) is 0.383. The number of nitrogens with two attached hydrogens (primary N) is 1. The molecule has 0 aromatic rings. The van der Waals surface area contributed by atoms with Crippen molar-refractivity contribution in [2.75, 3.05) is 0 Å². The number of aliphatic hydroxyl groups excluding tert-OH is 1. The number of primary amides is 1. The average molecular weight is 136 g/mol. The summed E-state index contributed by atoms with van der Waals surface area (Å²) < 4.78 is 11.4. The second-order valence-corrected chi connectivity index (χ2v) is 1.73. The number of halogens is 1. The second kappa shape index (κ2) is 3.37. The molecular weight excluding hydrogens is 127 g/mol. The summed E-state index contributed by atoms with van der Waals surface area (Å²) in [6.07, 6.45) is -1.10. The van der Waals surface area contributed by atoms with E-state index in [1.54, 1.807) is 0 Å². The molecule has 4 N–H and O–H groups in total. The first-order valence-corrected chi connectivity index (χ1v) is 2.43. The molecule has 4 nitrogen and oxygen atoms in total. The zero-order valence-corrected chi connectivity index (χ0v) is 4.97. The Kier molecular flexibility index (Phi) is 3.11. The first-order chi connectivity index (χ1) is 4.09. The van der Waals surface area contributed by atoms with Crippen molar-refractivity contribution in [3.05, 3.63) is 0 Å². The number of hydrogen-bond acceptors (Lipinski definition) is 3. The van der Waals surface area contributed by atoms with Crippen LogP contribution in [0.15, 0.2) is 0 Å². The Balaban J connectivity index is 3.83. The van der Waals surface area contributed by atoms with E-state index in [9.17, 15) is 9.28 Å². The number of carbonyl (C=O) groups excluding carboxylic acids is 1. The highest BCUT2D eigenvalue weighted by Crippen LogP contribution is 1.89. The molecule has 0 saturated carbocycles. The van der Waals surface area contributed by atoms with Crippen LogP contribution in [0.5, 0.6) is 0 Å². The average Bonchev–Trinajstić information content (AvgIpc) is 1.64. The van der Waals surface area contributed by atoms with Gasteiger partial charge in [0.05, 0.1) is 6.10 Å². The highest BCUT2D eigenvalue weighted by Gasteiger charge is 2.19. The van der Waals surface area contributed by atoms with Gasteiger partial charge >= 0.3 is 0 Å². The van der Waals surface area contributed by atoms with Crippen LogP contribution in [0.3, 0.4) is 0 Å². The number of nitrogens with one attached hydrogen (secondary N) is 1. The molecule has 0 saturated heterocycles. The third-order valence-corrected chi connectivity index (χ3v) is 0.906. The van der Waals surface area contributed by atoms with Crippen LogP contribution in [0, 0.1) is 0 Å². The summed E-state index contributed by atoms with van der Waals surface area (Å²) in [6, 6.07) is -1.30. The standard InChI is InChI=1S/C4H9FN2O2/c1-2(8)3(7-5)4(6)9/h2-3,7-8H,1H3,(H2,6,9)/t2-,3+/m1/s1. The molecule has 2 atom stereocenters. The van der Waals surface area contributed by atoms with Crippen LogP contribution >= 0.6 is 0 Å². The minimum absolute atomic E-state index is 0.910. The molecule has 5 heteroatoms. The monoisotopic (exact) mass is 136 g/mol. The lowest BCUT2D eigenvalue weighted by Gasteiger charge is -2.11. The van der Waals surface area contributed by atoms with Gasteiger partial charge in [-0.25, -0.2) is 0 Å². The Hall–Kier alpha value is -0.680. The van der Waals surface area contributed by atoms with Crippen molar-refractivity contribution in [3.63, 3.8) is 0 Å². The van der Waals surface area contributed by atoms with Gasteiger partial charge in [-0.1, -0.05) is 0 Å². The van der Waals surface area contributed by atoms with E-state index in [4.69, 9.17) is 5.11 Å². The molecule has 0 rings (SSSR count). The van der Waals surface area contributed by atoms with Gasteiger partial charge in [-0.15, -0.1) is 10.0 Å². The van der Waals surface area contributed by atoms with E-state index in [1.807, 2.05) is 0 Å². The summed E-state index contributed by atoms with van der Waals surface area (Å²) in [7, 11) is 0. The van der Waals surface area contributed by atoms with Crippen LogP contribution in [0.2, 0.25) is 0 Å². The molecule has 0 aliphatic heterocycles. The van der Waals surface area contributed by atoms with E-state index in [0.717, 1.165) is 5.54 Å². The molecule has 0 aliphatic rings. The first kappa shape index (κ1) is 8.32. The van der Waals surface area contributed by atoms with E-state index in [-0.39, 0.29) is 0 Å². The van der Waals surface area contributed by atoms with Crippen LogP contribution < -0.4 is 11.3 Å². The highest BCUT2D eigenvalue weighted by atomic mass is 19.2. The van der Waals surface area contributed by atoms with Crippen LogP contribution in [0.4, 0.5) is 4.48 Å². The lowest BCUT2D eigenvalue weighted by molar-refractivity contribution is -0.123. The fraction of sp³-hybridized carbons (Fsp3) is 0.750. The predicted octanol–water partition coefficient (Wildman–Crippen LogP) is -1.30. The van der Waals surface area contributed by atoms with Gasteiger partial charge in [0.2, 0.25) is 5.91 Å². The van der Waals surface area contributed by atoms with Gasteiger partial charge in [0.15, 0.2) is 0 Å². The quantitative estimate of drug-likeness (QED) is 0.422. The first-order valence-electron chi connectivity index (χ1n) is 2.43. The Morgan fingerprint density at radius 2 is 2.33 bits per heavy atom. The number of rotatable bonds is 3. The molecule has 0 fully saturated rings. The SMILES string of the molecule is C[C@@H](O)[C@H](NF)C(N)=O. The summed E-state index contributed by atoms with van der Waals surface area (Å²) in [5, 5.41) is 8.58. The van der Waals surface area contributed by atoms with E-state index < -0.39 is 18.1 Å². The number of carbonyl (C=O) groups is 1. The van der Waals surface area contributed by atoms with Crippen LogP contribution in [0.25, 0.3) is 0 Å². The predicted molar refractivity (Wildman–Crippen MR) is 28.9 cm³/mol. The van der Waals surface area contributed by atoms with Crippen molar-refractivity contribution in [1.29, 1.82) is 0 Å². The smallest absolute Gasteiger partial charge is 0.239 e. The molecule has 0 spiro atoms. The van der Waals surface area contributed by atoms with Crippen LogP contribution in [0.1, 0.15) is 6.92 Å². The highest BCUT2D eigenvalue weighted by molar-refractivity contribution is 5.80. The number of aliphatic hydroxyl groups is 1. The van der Waals surface area contributed by atoms with E-state index in [0.29, 0.717) is 0 Å². The Morgan fingerprint density at radius 1 is 1.89 bits per heavy atom. The van der Waals surface area contributed by atoms with Gasteiger partial charge in [-0.3, -0.25) is 4.79 Å². The van der Waals surface area contributed by atoms with E-state index >= 15 is 0 Å². The Morgan fingerprint density at radius 3 is 2.33 bits per heavy atom. The van der Waals surface area contributed by atoms with E-state index in [2.05, 4.69) is 5.73 Å². The third kappa shape index (κ3) is 2.39. The number of amides is 1. The lowest BCUT2D eigenvalue weighted by atomic mass is 10.2. The minimum Gasteiger partial charge on any atom is -0.391 e. The van der Waals surface area contributed by atoms with Crippen molar-refractivity contribution < 1.29 is 14.4 Å². The minimum atomic E-state index is -1.30. The molecule has 9 heavy (non-hydrogen) atoms. The normalized spacial score (nSPS) is 16.8. The summed E-state index contributed by atoms with van der Waals surface area (Å²) in [6.45, 7) is 1.27. The summed E-state index contributed by atoms with van der Waals surface area (Å²) in [5.74, 6) is -0.910. The molecule has 1 amide bonds. The molecule has 54 valence electrons. The maximum Gasteiger partial charge on any atom is 0.239 e. The third-order valence-electron chi connectivity index (χ3n) is 0.906. The van der Waals surface area contributed by atoms with Gasteiger partial charge in [0.25, 0.3) is 0 Å². The summed E-state index contributed by atoms with van der Waals surface area (Å²) in [4.78, 5) is 10.1. The van der Waals surface area contributed by atoms with Crippen molar-refractivity contribution in [1.82, 2.24) is 5.54 Å². The molecule has 0 bridgehead atoms. The topological polar surface area (TPSA) is 75.3 Å². The zero-order valence-electron chi connectivity index (χ0n) is 4.97. The van der Waals surface area contributed by atoms with Crippen molar-refractivity contribution >= 4 is 5.91 Å². The van der Waals surface area contributed by atoms with Gasteiger partial charge in [-0.05, 0) is 6.92 Å². The lowest BCUT2D eigenvalue weighted by Crippen LogP contribution is -2.44. The Bertz CT molecular complexity index is 107. The Labute approximate surface area is 51.8 Å². The van der Waals surface area contributed by atoms with Crippen LogP contribution in [-0.2, 0) is 4.79 Å². The van der Waals surface area contributed by atoms with Crippen molar-refractivity contribution in [2.24, 2.45) is 5.73 Å². The van der Waals surface area contributed by atoms with Crippen molar-refractivity contribution in [2.45, 2.75) is 19.1 Å². The molecule has 0 aromatic carbocycles. The van der Waals surface area contributed by atoms with Crippen molar-refractivity contribution in [3.8, 4) is 0 Å². The zero-order chi connectivity index (χ0) is 7.44. The molecule has 0 radical (unpaired) electrons. The van der Waals surface area contributed by atoms with Gasteiger partial charge in [0.1, 0.15) is 6.04 Å². The molecule has 0 aliphatic carbocycles. The maximum atomic E-state index is 11.4. The molecule has 0 aromatic heterocycles.